The topological polar surface area (TPSA) is 0 Å². The molecule has 0 amide bonds. The summed E-state index contributed by atoms with van der Waals surface area (Å²) in [5, 5.41) is 0.857. The van der Waals surface area contributed by atoms with Gasteiger partial charge in [0.15, 0.2) is 11.6 Å². The first-order valence-corrected chi connectivity index (χ1v) is 10.3. The van der Waals surface area contributed by atoms with E-state index in [1.165, 1.54) is 0 Å². The van der Waals surface area contributed by atoms with E-state index in [0.29, 0.717) is 11.8 Å². The largest absolute Gasteiger partial charge is 0.207 e. The molecule has 0 bridgehead atoms. The molecule has 4 rings (SSSR count). The normalized spacial score (nSPS) is 10.7. The van der Waals surface area contributed by atoms with Gasteiger partial charge in [-0.15, -0.1) is 0 Å². The van der Waals surface area contributed by atoms with Gasteiger partial charge in [0.25, 0.3) is 0 Å². The lowest BCUT2D eigenvalue weighted by molar-refractivity contribution is 0.517. The summed E-state index contributed by atoms with van der Waals surface area (Å²) in [7, 11) is 0. The van der Waals surface area contributed by atoms with E-state index in [9.17, 15) is 13.2 Å². The Balaban J connectivity index is 1.44. The second-order valence-electron chi connectivity index (χ2n) is 7.52. The first-order chi connectivity index (χ1) is 15.0. The quantitative estimate of drug-likeness (QED) is 0.315. The monoisotopic (exact) mass is 414 g/mol. The molecule has 0 aromatic heterocycles. The maximum Gasteiger partial charge on any atom is 0.166 e. The molecule has 0 saturated heterocycles. The SMILES string of the molecule is CCc1ccc(CCc2ccc(C#Cc3ccc4c(F)c(F)ccc4c3)cc2)c(F)c1. The van der Waals surface area contributed by atoms with Crippen LogP contribution in [0.4, 0.5) is 13.2 Å². The van der Waals surface area contributed by atoms with Gasteiger partial charge in [0.2, 0.25) is 0 Å². The summed E-state index contributed by atoms with van der Waals surface area (Å²) in [6.07, 6.45) is 2.23. The molecular formula is C28H21F3. The zero-order valence-corrected chi connectivity index (χ0v) is 17.2. The third kappa shape index (κ3) is 4.81. The highest BCUT2D eigenvalue weighted by molar-refractivity contribution is 5.84. The van der Waals surface area contributed by atoms with Crippen molar-refractivity contribution >= 4 is 10.8 Å². The van der Waals surface area contributed by atoms with Gasteiger partial charge in [-0.2, -0.15) is 0 Å². The Morgan fingerprint density at radius 2 is 1.35 bits per heavy atom. The molecule has 4 aromatic rings. The molecule has 3 heteroatoms. The number of hydrogen-bond acceptors (Lipinski definition) is 0. The van der Waals surface area contributed by atoms with Crippen LogP contribution < -0.4 is 0 Å². The van der Waals surface area contributed by atoms with Gasteiger partial charge in [-0.1, -0.05) is 55.2 Å². The van der Waals surface area contributed by atoms with E-state index in [1.807, 2.05) is 43.3 Å². The van der Waals surface area contributed by atoms with Crippen molar-refractivity contribution in [1.82, 2.24) is 0 Å². The van der Waals surface area contributed by atoms with E-state index in [4.69, 9.17) is 0 Å². The Bertz CT molecular complexity index is 1290. The Morgan fingerprint density at radius 1 is 0.645 bits per heavy atom. The van der Waals surface area contributed by atoms with Crippen LogP contribution in [0, 0.1) is 29.3 Å². The average Bonchev–Trinajstić information content (AvgIpc) is 2.80. The third-order valence-electron chi connectivity index (χ3n) is 5.42. The minimum atomic E-state index is -0.855. The lowest BCUT2D eigenvalue weighted by Crippen LogP contribution is -1.96. The van der Waals surface area contributed by atoms with Crippen LogP contribution in [0.1, 0.15) is 34.7 Å². The molecule has 154 valence electrons. The highest BCUT2D eigenvalue weighted by atomic mass is 19.2. The molecule has 0 aliphatic heterocycles. The van der Waals surface area contributed by atoms with E-state index in [2.05, 4.69) is 11.8 Å². The maximum atomic E-state index is 14.1. The molecule has 4 aromatic carbocycles. The van der Waals surface area contributed by atoms with Crippen LogP contribution in [-0.4, -0.2) is 0 Å². The Morgan fingerprint density at radius 3 is 2.10 bits per heavy atom. The fourth-order valence-corrected chi connectivity index (χ4v) is 3.53. The number of rotatable bonds is 4. The van der Waals surface area contributed by atoms with Crippen molar-refractivity contribution in [2.45, 2.75) is 26.2 Å². The second-order valence-corrected chi connectivity index (χ2v) is 7.52. The summed E-state index contributed by atoms with van der Waals surface area (Å²) in [5.74, 6) is 4.33. The fourth-order valence-electron chi connectivity index (χ4n) is 3.53. The average molecular weight is 414 g/mol. The zero-order valence-electron chi connectivity index (χ0n) is 17.2. The Hall–Kier alpha value is -3.51. The van der Waals surface area contributed by atoms with Crippen molar-refractivity contribution in [3.05, 3.63) is 118 Å². The molecule has 0 N–H and O–H groups in total. The lowest BCUT2D eigenvalue weighted by Gasteiger charge is -2.06. The summed E-state index contributed by atoms with van der Waals surface area (Å²) < 4.78 is 41.3. The predicted octanol–water partition coefficient (Wildman–Crippen LogP) is 7.00. The standard InChI is InChI=1S/C28H21F3/c1-2-19-9-12-23(27(30)18-19)13-10-21-5-3-20(4-6-21)7-8-22-11-15-25-24(17-22)14-16-26(29)28(25)31/h3-6,9,11-12,14-18H,2,10,13H2,1H3. The number of halogens is 3. The highest BCUT2D eigenvalue weighted by Crippen LogP contribution is 2.21. The van der Waals surface area contributed by atoms with Crippen LogP contribution >= 0.6 is 0 Å². The van der Waals surface area contributed by atoms with Crippen molar-refractivity contribution in [2.24, 2.45) is 0 Å². The molecule has 0 saturated carbocycles. The fraction of sp³-hybridized carbons (Fsp3) is 0.143. The van der Waals surface area contributed by atoms with Crippen LogP contribution in [0.15, 0.2) is 72.8 Å². The van der Waals surface area contributed by atoms with Crippen LogP contribution in [0.3, 0.4) is 0 Å². The zero-order chi connectivity index (χ0) is 21.8. The number of aryl methyl sites for hydroxylation is 3. The van der Waals surface area contributed by atoms with Crippen LogP contribution in [0.25, 0.3) is 10.8 Å². The summed E-state index contributed by atoms with van der Waals surface area (Å²) in [5.41, 5.74) is 4.44. The maximum absolute atomic E-state index is 14.1. The van der Waals surface area contributed by atoms with Gasteiger partial charge in [-0.25, -0.2) is 13.2 Å². The van der Waals surface area contributed by atoms with Gasteiger partial charge < -0.3 is 0 Å². The number of hydrogen-bond donors (Lipinski definition) is 0. The Labute approximate surface area is 180 Å². The van der Waals surface area contributed by atoms with E-state index in [1.54, 1.807) is 30.3 Å². The summed E-state index contributed by atoms with van der Waals surface area (Å²) in [6.45, 7) is 2.01. The molecule has 0 radical (unpaired) electrons. The lowest BCUT2D eigenvalue weighted by atomic mass is 10.0. The van der Waals surface area contributed by atoms with Gasteiger partial charge in [0.05, 0.1) is 0 Å². The molecule has 0 heterocycles. The first-order valence-electron chi connectivity index (χ1n) is 10.3. The molecule has 31 heavy (non-hydrogen) atoms. The third-order valence-corrected chi connectivity index (χ3v) is 5.42. The van der Waals surface area contributed by atoms with Crippen LogP contribution in [-0.2, 0) is 19.3 Å². The first kappa shape index (κ1) is 20.8. The molecule has 0 fully saturated rings. The van der Waals surface area contributed by atoms with Gasteiger partial charge in [0.1, 0.15) is 5.82 Å². The van der Waals surface area contributed by atoms with E-state index >= 15 is 0 Å². The molecule has 0 atom stereocenters. The minimum Gasteiger partial charge on any atom is -0.207 e. The van der Waals surface area contributed by atoms with Gasteiger partial charge >= 0.3 is 0 Å². The van der Waals surface area contributed by atoms with Crippen LogP contribution in [0.2, 0.25) is 0 Å². The molecule has 0 spiro atoms. The van der Waals surface area contributed by atoms with E-state index < -0.39 is 11.6 Å². The van der Waals surface area contributed by atoms with Crippen LogP contribution in [0.5, 0.6) is 0 Å². The number of fused-ring (bicyclic) bond motifs is 1. The van der Waals surface area contributed by atoms with Gasteiger partial charge in [-0.05, 0) is 77.7 Å². The van der Waals surface area contributed by atoms with E-state index in [-0.39, 0.29) is 11.2 Å². The Kier molecular flexibility index (Phi) is 6.09. The highest BCUT2D eigenvalue weighted by Gasteiger charge is 2.07. The smallest absolute Gasteiger partial charge is 0.166 e. The minimum absolute atomic E-state index is 0.139. The van der Waals surface area contributed by atoms with Crippen molar-refractivity contribution in [3.63, 3.8) is 0 Å². The number of benzene rings is 4. The van der Waals surface area contributed by atoms with Gasteiger partial charge in [-0.3, -0.25) is 0 Å². The summed E-state index contributed by atoms with van der Waals surface area (Å²) in [4.78, 5) is 0. The predicted molar refractivity (Wildman–Crippen MR) is 119 cm³/mol. The van der Waals surface area contributed by atoms with E-state index in [0.717, 1.165) is 46.7 Å². The molecule has 0 nitrogen and oxygen atoms in total. The second kappa shape index (κ2) is 9.10. The van der Waals surface area contributed by atoms with Crippen molar-refractivity contribution < 1.29 is 13.2 Å². The molecule has 0 aliphatic rings. The van der Waals surface area contributed by atoms with Gasteiger partial charge in [0, 0.05) is 16.5 Å². The molecule has 0 unspecified atom stereocenters. The van der Waals surface area contributed by atoms with Crippen molar-refractivity contribution in [1.29, 1.82) is 0 Å². The summed E-state index contributed by atoms with van der Waals surface area (Å²) >= 11 is 0. The van der Waals surface area contributed by atoms with Crippen molar-refractivity contribution in [2.75, 3.05) is 0 Å². The molecular weight excluding hydrogens is 393 g/mol. The summed E-state index contributed by atoms with van der Waals surface area (Å²) in [6, 6.07) is 21.0. The molecule has 0 aliphatic carbocycles. The van der Waals surface area contributed by atoms with Crippen molar-refractivity contribution in [3.8, 4) is 11.8 Å².